The van der Waals surface area contributed by atoms with Gasteiger partial charge in [-0.05, 0) is 48.2 Å². The molecule has 0 aliphatic carbocycles. The number of nitrogens with zero attached hydrogens (tertiary/aromatic N) is 1. The highest BCUT2D eigenvalue weighted by Gasteiger charge is 2.39. The molecule has 0 fully saturated rings. The highest BCUT2D eigenvalue weighted by molar-refractivity contribution is 6.32. The zero-order valence-electron chi connectivity index (χ0n) is 21.2. The highest BCUT2D eigenvalue weighted by Crippen LogP contribution is 2.37. The van der Waals surface area contributed by atoms with Crippen molar-refractivity contribution in [3.63, 3.8) is 0 Å². The van der Waals surface area contributed by atoms with Crippen LogP contribution in [0.4, 0.5) is 0 Å². The Bertz CT molecular complexity index is 1350. The summed E-state index contributed by atoms with van der Waals surface area (Å²) in [5, 5.41) is 16.0. The predicted octanol–water partition coefficient (Wildman–Crippen LogP) is 6.01. The molecule has 1 amide bonds. The number of aryl methyl sites for hydroxylation is 1. The van der Waals surface area contributed by atoms with E-state index in [0.717, 1.165) is 5.56 Å². The van der Waals surface area contributed by atoms with Crippen molar-refractivity contribution in [1.29, 1.82) is 0 Å². The van der Waals surface area contributed by atoms with Crippen molar-refractivity contribution in [2.75, 3.05) is 6.61 Å². The van der Waals surface area contributed by atoms with E-state index in [9.17, 15) is 9.90 Å². The lowest BCUT2D eigenvalue weighted by molar-refractivity contribution is -0.136. The quantitative estimate of drug-likeness (QED) is 0.195. The van der Waals surface area contributed by atoms with Gasteiger partial charge in [-0.2, -0.15) is 5.10 Å². The molecule has 7 heteroatoms. The van der Waals surface area contributed by atoms with Crippen molar-refractivity contribution in [2.24, 2.45) is 5.10 Å². The summed E-state index contributed by atoms with van der Waals surface area (Å²) in [6.07, 6.45) is 1.44. The second kappa shape index (κ2) is 12.4. The molecule has 0 atom stereocenters. The van der Waals surface area contributed by atoms with Crippen LogP contribution in [0, 0.1) is 6.92 Å². The number of rotatable bonds is 10. The number of amides is 1. The number of halogens is 1. The average molecular weight is 529 g/mol. The first-order chi connectivity index (χ1) is 18.4. The Hall–Kier alpha value is -4.13. The first-order valence-electron chi connectivity index (χ1n) is 12.2. The van der Waals surface area contributed by atoms with Crippen LogP contribution in [0.25, 0.3) is 0 Å². The van der Waals surface area contributed by atoms with Gasteiger partial charge >= 0.3 is 0 Å². The Morgan fingerprint density at radius 3 is 2.13 bits per heavy atom. The second-order valence-electron chi connectivity index (χ2n) is 8.68. The molecule has 0 aliphatic rings. The fourth-order valence-corrected chi connectivity index (χ4v) is 4.21. The molecule has 0 unspecified atom stereocenters. The van der Waals surface area contributed by atoms with Crippen LogP contribution in [0.15, 0.2) is 102 Å². The van der Waals surface area contributed by atoms with Gasteiger partial charge in [-0.25, -0.2) is 5.43 Å². The van der Waals surface area contributed by atoms with Crippen LogP contribution in [0.5, 0.6) is 11.5 Å². The van der Waals surface area contributed by atoms with E-state index < -0.39 is 11.5 Å². The monoisotopic (exact) mass is 528 g/mol. The number of hydrogen-bond donors (Lipinski definition) is 2. The molecule has 4 aromatic carbocycles. The Morgan fingerprint density at radius 2 is 1.55 bits per heavy atom. The molecule has 38 heavy (non-hydrogen) atoms. The minimum atomic E-state index is -1.93. The van der Waals surface area contributed by atoms with Gasteiger partial charge in [-0.15, -0.1) is 0 Å². The van der Waals surface area contributed by atoms with E-state index in [2.05, 4.69) is 10.5 Å². The van der Waals surface area contributed by atoms with E-state index in [4.69, 9.17) is 21.1 Å². The van der Waals surface area contributed by atoms with Gasteiger partial charge in [-0.3, -0.25) is 4.79 Å². The molecule has 0 bridgehead atoms. The molecule has 0 spiro atoms. The van der Waals surface area contributed by atoms with Gasteiger partial charge in [0.25, 0.3) is 5.91 Å². The Labute approximate surface area is 227 Å². The van der Waals surface area contributed by atoms with Crippen LogP contribution in [0.1, 0.15) is 34.7 Å². The Morgan fingerprint density at radius 1 is 0.947 bits per heavy atom. The van der Waals surface area contributed by atoms with E-state index in [1.807, 2.05) is 50.2 Å². The fraction of sp³-hybridized carbons (Fsp3) is 0.161. The molecular weight excluding hydrogens is 500 g/mol. The van der Waals surface area contributed by atoms with Crippen molar-refractivity contribution in [1.82, 2.24) is 5.43 Å². The second-order valence-corrected chi connectivity index (χ2v) is 9.09. The molecule has 194 valence electrons. The molecule has 4 rings (SSSR count). The van der Waals surface area contributed by atoms with E-state index >= 15 is 0 Å². The molecule has 0 aliphatic heterocycles. The molecule has 0 aromatic heterocycles. The van der Waals surface area contributed by atoms with Crippen LogP contribution < -0.4 is 14.9 Å². The first-order valence-corrected chi connectivity index (χ1v) is 12.6. The zero-order valence-corrected chi connectivity index (χ0v) is 22.0. The first kappa shape index (κ1) is 26.9. The normalized spacial score (nSPS) is 11.4. The van der Waals surface area contributed by atoms with Crippen LogP contribution in [0.3, 0.4) is 0 Å². The maximum atomic E-state index is 13.2. The molecule has 4 aromatic rings. The molecule has 2 N–H and O–H groups in total. The predicted molar refractivity (Wildman–Crippen MR) is 150 cm³/mol. The van der Waals surface area contributed by atoms with Crippen LogP contribution in [-0.4, -0.2) is 23.8 Å². The summed E-state index contributed by atoms with van der Waals surface area (Å²) in [6, 6.07) is 28.9. The third kappa shape index (κ3) is 6.22. The largest absolute Gasteiger partial charge is 0.490 e. The summed E-state index contributed by atoms with van der Waals surface area (Å²) in [4.78, 5) is 13.2. The third-order valence-electron chi connectivity index (χ3n) is 5.93. The number of ether oxygens (including phenoxy) is 2. The molecule has 0 heterocycles. The number of hydrazone groups is 1. The standard InChI is InChI=1S/C31H29ClN2O4/c1-3-37-28-19-24(18-27(32)29(28)38-21-23-16-14-22(2)15-17-23)20-33-34-30(35)31(36,25-10-6-4-7-11-25)26-12-8-5-9-13-26/h4-20,36H,3,21H2,1-2H3,(H,34,35)/b33-20-. The maximum absolute atomic E-state index is 13.2. The zero-order chi connectivity index (χ0) is 27.0. The van der Waals surface area contributed by atoms with E-state index in [1.165, 1.54) is 11.8 Å². The lowest BCUT2D eigenvalue weighted by Gasteiger charge is -2.27. The summed E-state index contributed by atoms with van der Waals surface area (Å²) in [7, 11) is 0. The summed E-state index contributed by atoms with van der Waals surface area (Å²) in [5.74, 6) is 0.197. The molecule has 0 saturated carbocycles. The Balaban J connectivity index is 1.53. The summed E-state index contributed by atoms with van der Waals surface area (Å²) in [5.41, 5.74) is 4.16. The number of carbonyl (C=O) groups excluding carboxylic acids is 1. The third-order valence-corrected chi connectivity index (χ3v) is 6.21. The van der Waals surface area contributed by atoms with Crippen LogP contribution >= 0.6 is 11.6 Å². The number of nitrogens with one attached hydrogen (secondary N) is 1. The summed E-state index contributed by atoms with van der Waals surface area (Å²) in [6.45, 7) is 4.64. The van der Waals surface area contributed by atoms with Gasteiger partial charge in [0.15, 0.2) is 17.1 Å². The summed E-state index contributed by atoms with van der Waals surface area (Å²) < 4.78 is 11.7. The van der Waals surface area contributed by atoms with Gasteiger partial charge in [0.2, 0.25) is 0 Å². The van der Waals surface area contributed by atoms with Crippen molar-refractivity contribution < 1.29 is 19.4 Å². The van der Waals surface area contributed by atoms with Gasteiger partial charge in [0.05, 0.1) is 17.8 Å². The molecule has 6 nitrogen and oxygen atoms in total. The van der Waals surface area contributed by atoms with Crippen LogP contribution in [0.2, 0.25) is 5.02 Å². The average Bonchev–Trinajstić information content (AvgIpc) is 2.94. The highest BCUT2D eigenvalue weighted by atomic mass is 35.5. The van der Waals surface area contributed by atoms with Gasteiger partial charge in [0.1, 0.15) is 6.61 Å². The fourth-order valence-electron chi connectivity index (χ4n) is 3.94. The van der Waals surface area contributed by atoms with Gasteiger partial charge in [-0.1, -0.05) is 102 Å². The number of carbonyl (C=O) groups is 1. The van der Waals surface area contributed by atoms with E-state index in [-0.39, 0.29) is 0 Å². The van der Waals surface area contributed by atoms with E-state index in [1.54, 1.807) is 60.7 Å². The van der Waals surface area contributed by atoms with Crippen LogP contribution in [-0.2, 0) is 17.0 Å². The van der Waals surface area contributed by atoms with Crippen molar-refractivity contribution in [3.8, 4) is 11.5 Å². The molecule has 0 radical (unpaired) electrons. The lowest BCUT2D eigenvalue weighted by Crippen LogP contribution is -2.43. The minimum absolute atomic E-state index is 0.334. The van der Waals surface area contributed by atoms with E-state index in [0.29, 0.717) is 46.4 Å². The molecule has 0 saturated heterocycles. The van der Waals surface area contributed by atoms with Crippen molar-refractivity contribution >= 4 is 23.7 Å². The SMILES string of the molecule is CCOc1cc(/C=N\NC(=O)C(O)(c2ccccc2)c2ccccc2)cc(Cl)c1OCc1ccc(C)cc1. The number of aliphatic hydroxyl groups is 1. The maximum Gasteiger partial charge on any atom is 0.281 e. The van der Waals surface area contributed by atoms with Crippen molar-refractivity contribution in [2.45, 2.75) is 26.1 Å². The van der Waals surface area contributed by atoms with Gasteiger partial charge < -0.3 is 14.6 Å². The Kier molecular flexibility index (Phi) is 8.79. The topological polar surface area (TPSA) is 80.2 Å². The smallest absolute Gasteiger partial charge is 0.281 e. The van der Waals surface area contributed by atoms with Crippen molar-refractivity contribution in [3.05, 3.63) is 130 Å². The summed E-state index contributed by atoms with van der Waals surface area (Å²) >= 11 is 6.54. The number of benzene rings is 4. The molecular formula is C31H29ClN2O4. The number of hydrogen-bond acceptors (Lipinski definition) is 5. The minimum Gasteiger partial charge on any atom is -0.490 e. The van der Waals surface area contributed by atoms with Gasteiger partial charge in [0, 0.05) is 0 Å². The lowest BCUT2D eigenvalue weighted by atomic mass is 9.85.